The fraction of sp³-hybridized carbons (Fsp3) is 0.450. The number of carbonyl (C=O) groups excluding carboxylic acids is 1. The van der Waals surface area contributed by atoms with E-state index in [1.807, 2.05) is 12.3 Å². The molecule has 0 fully saturated rings. The highest BCUT2D eigenvalue weighted by Crippen LogP contribution is 2.30. The predicted octanol–water partition coefficient (Wildman–Crippen LogP) is 2.53. The Bertz CT molecular complexity index is 837. The molecule has 4 heterocycles. The Morgan fingerprint density at radius 1 is 1.23 bits per heavy atom. The zero-order valence-electron chi connectivity index (χ0n) is 15.3. The molecule has 6 heteroatoms. The largest absolute Gasteiger partial charge is 0.491 e. The van der Waals surface area contributed by atoms with E-state index in [1.165, 1.54) is 18.1 Å². The third-order valence-corrected chi connectivity index (χ3v) is 5.25. The molecule has 2 aromatic heterocycles. The van der Waals surface area contributed by atoms with Gasteiger partial charge in [0.15, 0.2) is 0 Å². The SMILES string of the molecule is CC(=O)Nc1ccc2c(n1)CCN([C@@H](C)c1cnc3c(c1)OCC3)CC2. The van der Waals surface area contributed by atoms with Gasteiger partial charge < -0.3 is 10.1 Å². The monoisotopic (exact) mass is 352 g/mol. The van der Waals surface area contributed by atoms with Crippen molar-refractivity contribution >= 4 is 11.7 Å². The van der Waals surface area contributed by atoms with Crippen LogP contribution in [0.3, 0.4) is 0 Å². The average Bonchev–Trinajstić information content (AvgIpc) is 2.99. The van der Waals surface area contributed by atoms with Crippen molar-refractivity contribution in [1.82, 2.24) is 14.9 Å². The first-order valence-corrected chi connectivity index (χ1v) is 9.22. The van der Waals surface area contributed by atoms with Gasteiger partial charge in [0.25, 0.3) is 0 Å². The van der Waals surface area contributed by atoms with E-state index in [-0.39, 0.29) is 11.9 Å². The van der Waals surface area contributed by atoms with Crippen LogP contribution in [0.2, 0.25) is 0 Å². The molecule has 0 unspecified atom stereocenters. The minimum Gasteiger partial charge on any atom is -0.491 e. The second-order valence-corrected chi connectivity index (χ2v) is 7.01. The van der Waals surface area contributed by atoms with Gasteiger partial charge in [0.2, 0.25) is 5.91 Å². The summed E-state index contributed by atoms with van der Waals surface area (Å²) < 4.78 is 5.67. The van der Waals surface area contributed by atoms with E-state index in [1.54, 1.807) is 0 Å². The van der Waals surface area contributed by atoms with Crippen molar-refractivity contribution in [2.45, 2.75) is 39.2 Å². The Morgan fingerprint density at radius 2 is 2.08 bits per heavy atom. The van der Waals surface area contributed by atoms with E-state index >= 15 is 0 Å². The van der Waals surface area contributed by atoms with Gasteiger partial charge >= 0.3 is 0 Å². The maximum absolute atomic E-state index is 11.3. The van der Waals surface area contributed by atoms with E-state index in [9.17, 15) is 4.79 Å². The molecule has 0 aromatic carbocycles. The third kappa shape index (κ3) is 3.42. The number of nitrogens with zero attached hydrogens (tertiary/aromatic N) is 3. The quantitative estimate of drug-likeness (QED) is 0.919. The summed E-state index contributed by atoms with van der Waals surface area (Å²) in [4.78, 5) is 22.9. The second kappa shape index (κ2) is 7.03. The summed E-state index contributed by atoms with van der Waals surface area (Å²) in [5, 5.41) is 2.77. The van der Waals surface area contributed by atoms with Crippen molar-refractivity contribution in [3.05, 3.63) is 46.9 Å². The molecule has 0 bridgehead atoms. The lowest BCUT2D eigenvalue weighted by Crippen LogP contribution is -2.29. The first-order valence-electron chi connectivity index (χ1n) is 9.22. The van der Waals surface area contributed by atoms with Crippen molar-refractivity contribution in [2.24, 2.45) is 0 Å². The van der Waals surface area contributed by atoms with Gasteiger partial charge in [-0.3, -0.25) is 14.7 Å². The summed E-state index contributed by atoms with van der Waals surface area (Å²) in [6, 6.07) is 6.40. The summed E-state index contributed by atoms with van der Waals surface area (Å²) in [6.45, 7) is 6.38. The Hall–Kier alpha value is -2.47. The number of aromatic nitrogens is 2. The standard InChI is InChI=1S/C20H24N4O2/c1-13(16-11-19-18(21-12-16)7-10-26-19)24-8-5-15-3-4-20(22-14(2)25)23-17(15)6-9-24/h3-4,11-13H,5-10H2,1-2H3,(H,22,23,25)/t13-/m0/s1. The summed E-state index contributed by atoms with van der Waals surface area (Å²) in [5.41, 5.74) is 4.62. The van der Waals surface area contributed by atoms with Gasteiger partial charge in [-0.15, -0.1) is 0 Å². The van der Waals surface area contributed by atoms with Crippen LogP contribution in [0, 0.1) is 0 Å². The molecule has 0 aliphatic carbocycles. The number of hydrogen-bond donors (Lipinski definition) is 1. The minimum atomic E-state index is -0.0901. The lowest BCUT2D eigenvalue weighted by atomic mass is 10.1. The molecule has 0 radical (unpaired) electrons. The van der Waals surface area contributed by atoms with Crippen LogP contribution in [0.1, 0.15) is 42.4 Å². The normalized spacial score (nSPS) is 17.6. The molecule has 26 heavy (non-hydrogen) atoms. The first kappa shape index (κ1) is 17.0. The average molecular weight is 352 g/mol. The predicted molar refractivity (Wildman–Crippen MR) is 99.4 cm³/mol. The number of nitrogens with one attached hydrogen (secondary N) is 1. The highest BCUT2D eigenvalue weighted by Gasteiger charge is 2.23. The van der Waals surface area contributed by atoms with Crippen LogP contribution in [0.5, 0.6) is 5.75 Å². The Labute approximate surface area is 153 Å². The molecule has 6 nitrogen and oxygen atoms in total. The fourth-order valence-electron chi connectivity index (χ4n) is 3.73. The van der Waals surface area contributed by atoms with Crippen LogP contribution in [-0.2, 0) is 24.1 Å². The van der Waals surface area contributed by atoms with Crippen LogP contribution in [0.25, 0.3) is 0 Å². The zero-order valence-corrected chi connectivity index (χ0v) is 15.3. The van der Waals surface area contributed by atoms with Crippen LogP contribution >= 0.6 is 0 Å². The van der Waals surface area contributed by atoms with E-state index in [0.717, 1.165) is 56.1 Å². The van der Waals surface area contributed by atoms with Crippen molar-refractivity contribution < 1.29 is 9.53 Å². The fourth-order valence-corrected chi connectivity index (χ4v) is 3.73. The molecule has 4 rings (SSSR count). The Morgan fingerprint density at radius 3 is 2.92 bits per heavy atom. The topological polar surface area (TPSA) is 67.4 Å². The number of hydrogen-bond acceptors (Lipinski definition) is 5. The third-order valence-electron chi connectivity index (χ3n) is 5.25. The lowest BCUT2D eigenvalue weighted by molar-refractivity contribution is -0.114. The number of fused-ring (bicyclic) bond motifs is 2. The van der Waals surface area contributed by atoms with Gasteiger partial charge in [-0.25, -0.2) is 4.98 Å². The number of anilines is 1. The van der Waals surface area contributed by atoms with Crippen molar-refractivity contribution in [1.29, 1.82) is 0 Å². The molecular formula is C20H24N4O2. The number of carbonyl (C=O) groups is 1. The van der Waals surface area contributed by atoms with Gasteiger partial charge in [-0.05, 0) is 36.6 Å². The molecule has 1 amide bonds. The number of ether oxygens (including phenoxy) is 1. The van der Waals surface area contributed by atoms with Crippen LogP contribution < -0.4 is 10.1 Å². The number of pyridine rings is 2. The van der Waals surface area contributed by atoms with E-state index in [4.69, 9.17) is 4.74 Å². The summed E-state index contributed by atoms with van der Waals surface area (Å²) in [6.07, 6.45) is 4.73. The molecule has 0 saturated carbocycles. The van der Waals surface area contributed by atoms with Crippen molar-refractivity contribution in [2.75, 3.05) is 25.0 Å². The van der Waals surface area contributed by atoms with Gasteiger partial charge in [-0.2, -0.15) is 0 Å². The smallest absolute Gasteiger partial charge is 0.222 e. The highest BCUT2D eigenvalue weighted by molar-refractivity contribution is 5.87. The van der Waals surface area contributed by atoms with E-state index in [0.29, 0.717) is 5.82 Å². The van der Waals surface area contributed by atoms with Crippen LogP contribution in [0.15, 0.2) is 24.4 Å². The Kier molecular flexibility index (Phi) is 4.59. The first-order chi connectivity index (χ1) is 12.6. The molecule has 2 aliphatic rings. The lowest BCUT2D eigenvalue weighted by Gasteiger charge is -2.27. The Balaban J connectivity index is 1.49. The highest BCUT2D eigenvalue weighted by atomic mass is 16.5. The number of amides is 1. The van der Waals surface area contributed by atoms with Crippen LogP contribution in [-0.4, -0.2) is 40.5 Å². The van der Waals surface area contributed by atoms with Gasteiger partial charge in [-0.1, -0.05) is 6.07 Å². The molecule has 0 saturated heterocycles. The summed E-state index contributed by atoms with van der Waals surface area (Å²) in [5.74, 6) is 1.49. The molecule has 0 spiro atoms. The minimum absolute atomic E-state index is 0.0901. The van der Waals surface area contributed by atoms with Crippen LogP contribution in [0.4, 0.5) is 5.82 Å². The van der Waals surface area contributed by atoms with Crippen molar-refractivity contribution in [3.8, 4) is 5.75 Å². The number of rotatable bonds is 3. The van der Waals surface area contributed by atoms with Gasteiger partial charge in [0, 0.05) is 50.8 Å². The summed E-state index contributed by atoms with van der Waals surface area (Å²) >= 11 is 0. The van der Waals surface area contributed by atoms with Gasteiger partial charge in [0.05, 0.1) is 12.3 Å². The zero-order chi connectivity index (χ0) is 18.1. The molecule has 136 valence electrons. The maximum atomic E-state index is 11.3. The second-order valence-electron chi connectivity index (χ2n) is 7.01. The molecule has 1 atom stereocenters. The molecule has 1 N–H and O–H groups in total. The van der Waals surface area contributed by atoms with E-state index in [2.05, 4.69) is 39.2 Å². The van der Waals surface area contributed by atoms with Gasteiger partial charge in [0.1, 0.15) is 11.6 Å². The summed E-state index contributed by atoms with van der Waals surface area (Å²) in [7, 11) is 0. The van der Waals surface area contributed by atoms with E-state index < -0.39 is 0 Å². The molecular weight excluding hydrogens is 328 g/mol. The molecule has 2 aromatic rings. The maximum Gasteiger partial charge on any atom is 0.222 e. The van der Waals surface area contributed by atoms with Crippen molar-refractivity contribution in [3.63, 3.8) is 0 Å². The molecule has 2 aliphatic heterocycles.